The highest BCUT2D eigenvalue weighted by Crippen LogP contribution is 2.33. The van der Waals surface area contributed by atoms with Gasteiger partial charge in [-0.3, -0.25) is 0 Å². The number of pyridine rings is 1. The van der Waals surface area contributed by atoms with Crippen LogP contribution in [0, 0.1) is 17.1 Å². The van der Waals surface area contributed by atoms with Crippen LogP contribution in [0.1, 0.15) is 37.3 Å². The number of nitriles is 1. The first kappa shape index (κ1) is 21.1. The highest BCUT2D eigenvalue weighted by molar-refractivity contribution is 6.61. The zero-order chi connectivity index (χ0) is 21.0. The van der Waals surface area contributed by atoms with Gasteiger partial charge < -0.3 is 23.9 Å². The predicted molar refractivity (Wildman–Crippen MR) is 103 cm³/mol. The molecule has 1 aliphatic rings. The zero-order valence-corrected chi connectivity index (χ0v) is 16.3. The predicted octanol–water partition coefficient (Wildman–Crippen LogP) is 2.89. The SMILES string of the molecule is CC(=O)CCCCOc1nc(Oc2cc3c(cc2F)B(O)OC3)c(Cl)cc1C#N. The van der Waals surface area contributed by atoms with Crippen molar-refractivity contribution in [1.82, 2.24) is 4.98 Å². The van der Waals surface area contributed by atoms with Crippen molar-refractivity contribution < 1.29 is 28.3 Å². The van der Waals surface area contributed by atoms with E-state index in [0.717, 1.165) is 6.07 Å². The Morgan fingerprint density at radius 1 is 1.41 bits per heavy atom. The highest BCUT2D eigenvalue weighted by Gasteiger charge is 2.29. The number of hydrogen-bond donors (Lipinski definition) is 1. The van der Waals surface area contributed by atoms with Crippen LogP contribution in [0.5, 0.6) is 17.5 Å². The minimum atomic E-state index is -1.17. The van der Waals surface area contributed by atoms with E-state index in [1.807, 2.05) is 6.07 Å². The molecule has 150 valence electrons. The van der Waals surface area contributed by atoms with Crippen molar-refractivity contribution in [2.45, 2.75) is 32.8 Å². The van der Waals surface area contributed by atoms with Gasteiger partial charge in [-0.1, -0.05) is 11.6 Å². The summed E-state index contributed by atoms with van der Waals surface area (Å²) in [6.07, 6.45) is 1.71. The number of fused-ring (bicyclic) bond motifs is 1. The van der Waals surface area contributed by atoms with E-state index in [0.29, 0.717) is 30.3 Å². The zero-order valence-electron chi connectivity index (χ0n) is 15.6. The minimum absolute atomic E-state index is 0.00930. The van der Waals surface area contributed by atoms with Gasteiger partial charge in [0.25, 0.3) is 0 Å². The van der Waals surface area contributed by atoms with E-state index in [9.17, 15) is 19.5 Å². The third-order valence-corrected chi connectivity index (χ3v) is 4.53. The second-order valence-electron chi connectivity index (χ2n) is 6.49. The first-order valence-corrected chi connectivity index (χ1v) is 9.29. The van der Waals surface area contributed by atoms with Crippen molar-refractivity contribution in [3.05, 3.63) is 40.2 Å². The fraction of sp³-hybridized carbons (Fsp3) is 0.316. The van der Waals surface area contributed by atoms with Gasteiger partial charge in [-0.05, 0) is 49.0 Å². The van der Waals surface area contributed by atoms with Crippen molar-refractivity contribution in [3.8, 4) is 23.6 Å². The van der Waals surface area contributed by atoms with Crippen LogP contribution in [0.3, 0.4) is 0 Å². The quantitative estimate of drug-likeness (QED) is 0.519. The summed E-state index contributed by atoms with van der Waals surface area (Å²) >= 11 is 6.12. The number of ketones is 1. The summed E-state index contributed by atoms with van der Waals surface area (Å²) in [6, 6.07) is 5.80. The molecule has 2 aromatic rings. The topological polar surface area (TPSA) is 102 Å². The molecule has 7 nitrogen and oxygen atoms in total. The van der Waals surface area contributed by atoms with Crippen molar-refractivity contribution >= 4 is 30.0 Å². The van der Waals surface area contributed by atoms with Crippen molar-refractivity contribution in [2.75, 3.05) is 6.61 Å². The number of nitrogens with zero attached hydrogens (tertiary/aromatic N) is 2. The van der Waals surface area contributed by atoms with E-state index in [1.165, 1.54) is 19.1 Å². The number of rotatable bonds is 8. The van der Waals surface area contributed by atoms with Gasteiger partial charge in [0.15, 0.2) is 11.6 Å². The monoisotopic (exact) mass is 418 g/mol. The summed E-state index contributed by atoms with van der Waals surface area (Å²) in [7, 11) is -1.17. The van der Waals surface area contributed by atoms with Gasteiger partial charge in [-0.25, -0.2) is 4.39 Å². The maximum atomic E-state index is 14.4. The lowest BCUT2D eigenvalue weighted by Crippen LogP contribution is -2.28. The van der Waals surface area contributed by atoms with E-state index in [4.69, 9.17) is 25.7 Å². The van der Waals surface area contributed by atoms with Crippen molar-refractivity contribution in [1.29, 1.82) is 5.26 Å². The number of hydrogen-bond acceptors (Lipinski definition) is 7. The minimum Gasteiger partial charge on any atom is -0.477 e. The number of unbranched alkanes of at least 4 members (excludes halogenated alkanes) is 1. The molecule has 1 N–H and O–H groups in total. The molecule has 0 aliphatic carbocycles. The van der Waals surface area contributed by atoms with E-state index in [2.05, 4.69) is 4.98 Å². The Kier molecular flexibility index (Phi) is 6.69. The molecule has 10 heteroatoms. The second kappa shape index (κ2) is 9.22. The van der Waals surface area contributed by atoms with Gasteiger partial charge in [-0.15, -0.1) is 0 Å². The summed E-state index contributed by atoms with van der Waals surface area (Å²) < 4.78 is 30.5. The fourth-order valence-electron chi connectivity index (χ4n) is 2.77. The van der Waals surface area contributed by atoms with Crippen LogP contribution in [0.15, 0.2) is 18.2 Å². The molecule has 2 heterocycles. The summed E-state index contributed by atoms with van der Waals surface area (Å²) in [4.78, 5) is 15.1. The molecule has 0 saturated carbocycles. The Bertz CT molecular complexity index is 982. The van der Waals surface area contributed by atoms with E-state index in [1.54, 1.807) is 0 Å². The number of ether oxygens (including phenoxy) is 2. The van der Waals surface area contributed by atoms with Crippen LogP contribution in [-0.2, 0) is 16.1 Å². The molecular formula is C19H17BClFN2O5. The van der Waals surface area contributed by atoms with Crippen LogP contribution < -0.4 is 14.9 Å². The molecule has 3 rings (SSSR count). The van der Waals surface area contributed by atoms with Crippen molar-refractivity contribution in [2.24, 2.45) is 0 Å². The van der Waals surface area contributed by atoms with E-state index in [-0.39, 0.29) is 47.1 Å². The Morgan fingerprint density at radius 3 is 2.93 bits per heavy atom. The molecule has 0 atom stereocenters. The van der Waals surface area contributed by atoms with Crippen LogP contribution in [0.25, 0.3) is 0 Å². The van der Waals surface area contributed by atoms with Crippen molar-refractivity contribution in [3.63, 3.8) is 0 Å². The van der Waals surface area contributed by atoms with Gasteiger partial charge in [0.2, 0.25) is 11.8 Å². The third kappa shape index (κ3) is 5.04. The summed E-state index contributed by atoms with van der Waals surface area (Å²) in [6.45, 7) is 1.89. The lowest BCUT2D eigenvalue weighted by Gasteiger charge is -2.12. The van der Waals surface area contributed by atoms with Gasteiger partial charge in [0.1, 0.15) is 22.4 Å². The lowest BCUT2D eigenvalue weighted by molar-refractivity contribution is -0.117. The van der Waals surface area contributed by atoms with E-state index < -0.39 is 12.9 Å². The highest BCUT2D eigenvalue weighted by atomic mass is 35.5. The van der Waals surface area contributed by atoms with Crippen LogP contribution in [0.2, 0.25) is 5.02 Å². The second-order valence-corrected chi connectivity index (χ2v) is 6.90. The third-order valence-electron chi connectivity index (χ3n) is 4.25. The average molecular weight is 419 g/mol. The number of aromatic nitrogens is 1. The molecule has 1 aromatic heterocycles. The first-order valence-electron chi connectivity index (χ1n) is 8.91. The van der Waals surface area contributed by atoms with Gasteiger partial charge in [-0.2, -0.15) is 10.2 Å². The van der Waals surface area contributed by atoms with Crippen LogP contribution >= 0.6 is 11.6 Å². The molecule has 0 unspecified atom stereocenters. The maximum absolute atomic E-state index is 14.4. The first-order chi connectivity index (χ1) is 13.9. The molecule has 29 heavy (non-hydrogen) atoms. The summed E-state index contributed by atoms with van der Waals surface area (Å²) in [5.74, 6) is -0.884. The Balaban J connectivity index is 1.78. The smallest absolute Gasteiger partial charge is 0.477 e. The van der Waals surface area contributed by atoms with Crippen LogP contribution in [0.4, 0.5) is 4.39 Å². The molecule has 0 bridgehead atoms. The summed E-state index contributed by atoms with van der Waals surface area (Å²) in [5, 5.41) is 18.9. The molecule has 1 aromatic carbocycles. The molecule has 0 radical (unpaired) electrons. The largest absolute Gasteiger partial charge is 0.491 e. The fourth-order valence-corrected chi connectivity index (χ4v) is 2.96. The molecule has 0 amide bonds. The Morgan fingerprint density at radius 2 is 2.21 bits per heavy atom. The summed E-state index contributed by atoms with van der Waals surface area (Å²) in [5.41, 5.74) is 1.03. The van der Waals surface area contributed by atoms with Gasteiger partial charge in [0, 0.05) is 6.42 Å². The number of halogens is 2. The normalized spacial score (nSPS) is 12.4. The number of Topliss-reactive ketones (excluding diaryl/α,β-unsaturated/α-hetero) is 1. The van der Waals surface area contributed by atoms with Crippen LogP contribution in [-0.4, -0.2) is 29.5 Å². The lowest BCUT2D eigenvalue weighted by atomic mass is 9.79. The maximum Gasteiger partial charge on any atom is 0.491 e. The molecule has 0 fully saturated rings. The molecular weight excluding hydrogens is 401 g/mol. The Labute approximate surface area is 172 Å². The molecule has 0 spiro atoms. The van der Waals surface area contributed by atoms with Gasteiger partial charge in [0.05, 0.1) is 13.2 Å². The van der Waals surface area contributed by atoms with E-state index >= 15 is 0 Å². The number of carbonyl (C=O) groups is 1. The molecule has 1 aliphatic heterocycles. The standard InChI is InChI=1S/C19H17BClFN2O5/c1-11(25)4-2-3-5-27-18-12(9-23)6-15(21)19(24-18)29-17-7-13-10-28-20(26)14(13)8-16(17)22/h6-8,26H,2-5,10H2,1H3. The molecule has 0 saturated heterocycles. The Hall–Kier alpha value is -2.67. The number of carbonyl (C=O) groups excluding carboxylic acids is 1. The van der Waals surface area contributed by atoms with Gasteiger partial charge >= 0.3 is 7.12 Å². The number of benzene rings is 1. The average Bonchev–Trinajstić information content (AvgIpc) is 3.03.